The van der Waals surface area contributed by atoms with Gasteiger partial charge in [0.05, 0.1) is 55.9 Å². The minimum Gasteiger partial charge on any atom is -0.309 e. The molecule has 0 fully saturated rings. The van der Waals surface area contributed by atoms with Crippen molar-refractivity contribution < 1.29 is 0 Å². The molecule has 0 saturated heterocycles. The molecule has 30 rings (SSSR count). The van der Waals surface area contributed by atoms with E-state index in [9.17, 15) is 0 Å². The largest absolute Gasteiger partial charge is 0.309 e. The van der Waals surface area contributed by atoms with Crippen LogP contribution in [0, 0.1) is 0 Å². The molecule has 10 nitrogen and oxygen atoms in total. The SMILES string of the molecule is c1ccc(-c2cc(-c3cc(-n4c5ccccc5c5c6ccccc6ccc54)cc4c3sc3ccccc34)nc(-c3ccccc3)n2)cc1.c1ccc(-c2cc(-c3ccccc3)nc(-c3cc(-n4c5ccccc5c5c6ccccc6ccc54)cc4c3sc3ccccc34)n2)cc1.c1ccc(-c2nc(-c3ccccc3)nc(-c3cc(-n4c5ccccc5c5c6ccccc6ccc54)cc4c3sc3ccccc34)n2)cc1. The number of fused-ring (bicyclic) bond motifs is 24. The number of hydrogen-bond donors (Lipinski definition) is 0. The van der Waals surface area contributed by atoms with Gasteiger partial charge < -0.3 is 13.7 Å². The number of thiophene rings is 3. The molecule has 0 N–H and O–H groups in total. The van der Waals surface area contributed by atoms with Crippen molar-refractivity contribution in [2.45, 2.75) is 0 Å². The molecule has 13 heteroatoms. The summed E-state index contributed by atoms with van der Waals surface area (Å²) in [5.74, 6) is 3.41. The van der Waals surface area contributed by atoms with Crippen LogP contribution in [0.25, 0.3) is 277 Å². The third kappa shape index (κ3) is 14.4. The van der Waals surface area contributed by atoms with Crippen molar-refractivity contribution in [3.05, 3.63) is 485 Å². The maximum atomic E-state index is 5.29. The molecule has 0 bridgehead atoms. The molecule has 0 aliphatic rings. The van der Waals surface area contributed by atoms with Crippen LogP contribution in [0.1, 0.15) is 0 Å². The summed E-state index contributed by atoms with van der Waals surface area (Å²) in [5, 5.41) is 22.4. The highest BCUT2D eigenvalue weighted by atomic mass is 32.1. The van der Waals surface area contributed by atoms with Crippen LogP contribution in [0.2, 0.25) is 0 Å². The number of hydrogen-bond acceptors (Lipinski definition) is 10. The van der Waals surface area contributed by atoms with Crippen LogP contribution >= 0.6 is 34.0 Å². The molecular formula is C131H80N10S3. The third-order valence-corrected chi connectivity index (χ3v) is 31.7. The number of rotatable bonds is 12. The van der Waals surface area contributed by atoms with Gasteiger partial charge in [0.25, 0.3) is 0 Å². The molecule has 9 aromatic heterocycles. The lowest BCUT2D eigenvalue weighted by Crippen LogP contribution is -2.01. The molecule has 0 aliphatic carbocycles. The fraction of sp³-hybridized carbons (Fsp3) is 0. The highest BCUT2D eigenvalue weighted by molar-refractivity contribution is 7.27. The Morgan fingerprint density at radius 1 is 0.153 bits per heavy atom. The van der Waals surface area contributed by atoms with Gasteiger partial charge >= 0.3 is 0 Å². The maximum Gasteiger partial charge on any atom is 0.165 e. The van der Waals surface area contributed by atoms with Crippen LogP contribution in [0.5, 0.6) is 0 Å². The molecule has 0 saturated carbocycles. The molecule has 30 aromatic rings. The topological polar surface area (TPSA) is 105 Å². The van der Waals surface area contributed by atoms with Crippen LogP contribution in [-0.4, -0.2) is 48.6 Å². The van der Waals surface area contributed by atoms with Gasteiger partial charge in [0.2, 0.25) is 0 Å². The highest BCUT2D eigenvalue weighted by Crippen LogP contribution is 2.50. The van der Waals surface area contributed by atoms with E-state index in [0.717, 1.165) is 106 Å². The maximum absolute atomic E-state index is 5.29. The quantitative estimate of drug-likeness (QED) is 0.120. The monoisotopic (exact) mass is 1890 g/mol. The van der Waals surface area contributed by atoms with E-state index in [-0.39, 0.29) is 0 Å². The van der Waals surface area contributed by atoms with E-state index in [2.05, 4.69) is 426 Å². The van der Waals surface area contributed by atoms with Gasteiger partial charge in [-0.25, -0.2) is 34.9 Å². The Labute approximate surface area is 838 Å². The summed E-state index contributed by atoms with van der Waals surface area (Å²) >= 11 is 5.44. The first-order valence-corrected chi connectivity index (χ1v) is 50.8. The van der Waals surface area contributed by atoms with E-state index in [1.54, 1.807) is 11.3 Å². The fourth-order valence-corrected chi connectivity index (χ4v) is 25.1. The van der Waals surface area contributed by atoms with Crippen LogP contribution in [-0.2, 0) is 0 Å². The van der Waals surface area contributed by atoms with Gasteiger partial charge in [0, 0.05) is 160 Å². The van der Waals surface area contributed by atoms with Gasteiger partial charge in [-0.05, 0) is 135 Å². The van der Waals surface area contributed by atoms with Crippen LogP contribution in [0.3, 0.4) is 0 Å². The smallest absolute Gasteiger partial charge is 0.165 e. The summed E-state index contributed by atoms with van der Waals surface area (Å²) in [4.78, 5) is 36.3. The van der Waals surface area contributed by atoms with Gasteiger partial charge in [-0.1, -0.05) is 382 Å². The molecule has 0 radical (unpaired) electrons. The minimum atomic E-state index is 0.655. The zero-order valence-corrected chi connectivity index (χ0v) is 79.8. The Bertz CT molecular complexity index is 9260. The van der Waals surface area contributed by atoms with Crippen molar-refractivity contribution in [2.75, 3.05) is 0 Å². The Kier molecular flexibility index (Phi) is 20.3. The van der Waals surface area contributed by atoms with Crippen LogP contribution < -0.4 is 0 Å². The Balaban J connectivity index is 0.000000105. The number of benzene rings is 21. The molecule has 0 unspecified atom stereocenters. The van der Waals surface area contributed by atoms with Crippen molar-refractivity contribution in [1.82, 2.24) is 48.6 Å². The van der Waals surface area contributed by atoms with E-state index in [1.807, 2.05) is 95.5 Å². The van der Waals surface area contributed by atoms with Crippen molar-refractivity contribution in [3.63, 3.8) is 0 Å². The van der Waals surface area contributed by atoms with E-state index in [0.29, 0.717) is 17.5 Å². The number of para-hydroxylation sites is 3. The lowest BCUT2D eigenvalue weighted by Gasteiger charge is -2.14. The van der Waals surface area contributed by atoms with E-state index in [4.69, 9.17) is 34.9 Å². The molecular weight excluding hydrogens is 1810 g/mol. The second-order valence-corrected chi connectivity index (χ2v) is 39.6. The lowest BCUT2D eigenvalue weighted by molar-refractivity contribution is 1.07. The molecule has 0 spiro atoms. The molecule has 672 valence electrons. The normalized spacial score (nSPS) is 11.8. The average Bonchev–Trinajstić information content (AvgIpc) is 1.57. The van der Waals surface area contributed by atoms with Gasteiger partial charge in [-0.15, -0.1) is 34.0 Å². The Morgan fingerprint density at radius 2 is 0.396 bits per heavy atom. The summed E-state index contributed by atoms with van der Waals surface area (Å²) in [6.07, 6.45) is 0. The summed E-state index contributed by atoms with van der Waals surface area (Å²) in [7, 11) is 0. The van der Waals surface area contributed by atoms with E-state index in [1.165, 1.54) is 154 Å². The molecule has 0 aliphatic heterocycles. The zero-order chi connectivity index (χ0) is 94.8. The highest BCUT2D eigenvalue weighted by Gasteiger charge is 2.28. The minimum absolute atomic E-state index is 0.655. The summed E-state index contributed by atoms with van der Waals surface area (Å²) in [6, 6.07) is 172. The summed E-state index contributed by atoms with van der Waals surface area (Å²) in [6.45, 7) is 0. The summed E-state index contributed by atoms with van der Waals surface area (Å²) in [5.41, 5.74) is 23.2. The molecule has 144 heavy (non-hydrogen) atoms. The average molecular weight is 1890 g/mol. The van der Waals surface area contributed by atoms with E-state index < -0.39 is 0 Å². The van der Waals surface area contributed by atoms with Gasteiger partial charge in [0.1, 0.15) is 0 Å². The molecule has 0 atom stereocenters. The first kappa shape index (κ1) is 83.8. The number of aromatic nitrogens is 10. The first-order valence-electron chi connectivity index (χ1n) is 48.4. The van der Waals surface area contributed by atoms with Crippen molar-refractivity contribution in [3.8, 4) is 119 Å². The van der Waals surface area contributed by atoms with Gasteiger partial charge in [-0.3, -0.25) is 0 Å². The Hall–Kier alpha value is -18.4. The first-order chi connectivity index (χ1) is 71.4. The molecule has 9 heterocycles. The standard InChI is InChI=1S/2C44H27N3S.C43H26N4S/c1-3-14-29(15-4-1)37-27-38(46-44(45-37)30-16-5-2-6-17-30)36-26-31(25-35-33-19-10-12-22-41(33)48-43(35)36)47-39-21-11-9-20-34(39)42-32-18-8-7-13-28(32)23-24-40(42)47;1-3-14-29(15-4-1)37-27-38(30-16-5-2-6-17-30)46-44(45-37)36-26-31(25-35-33-19-10-12-22-41(33)48-43(35)36)47-39-21-11-9-20-34(39)42-32-18-8-7-13-28(32)23-24-40(42)47;1-3-14-28(15-4-1)41-44-42(29-16-5-2-6-17-29)46-43(45-41)35-26-30(25-34-32-19-10-12-22-38(32)48-40(34)35)47-36-21-11-9-20-33(36)39-31-18-8-7-13-27(31)23-24-37(39)47/h2*1-27H;1-26H. The predicted octanol–water partition coefficient (Wildman–Crippen LogP) is 35.7. The lowest BCUT2D eigenvalue weighted by atomic mass is 10.0. The van der Waals surface area contributed by atoms with Crippen molar-refractivity contribution >= 4 is 192 Å². The van der Waals surface area contributed by atoms with Crippen LogP contribution in [0.4, 0.5) is 0 Å². The van der Waals surface area contributed by atoms with Gasteiger partial charge in [0.15, 0.2) is 29.1 Å². The Morgan fingerprint density at radius 3 is 0.743 bits per heavy atom. The molecule has 0 amide bonds. The van der Waals surface area contributed by atoms with E-state index >= 15 is 0 Å². The third-order valence-electron chi connectivity index (χ3n) is 28.0. The van der Waals surface area contributed by atoms with Crippen LogP contribution in [0.15, 0.2) is 485 Å². The van der Waals surface area contributed by atoms with Crippen molar-refractivity contribution in [1.29, 1.82) is 0 Å². The van der Waals surface area contributed by atoms with Crippen molar-refractivity contribution in [2.24, 2.45) is 0 Å². The summed E-state index contributed by atoms with van der Waals surface area (Å²) < 4.78 is 14.6. The van der Waals surface area contributed by atoms with Gasteiger partial charge in [-0.2, -0.15) is 0 Å². The predicted molar refractivity (Wildman–Crippen MR) is 607 cm³/mol. The zero-order valence-electron chi connectivity index (χ0n) is 77.4. The fourth-order valence-electron chi connectivity index (χ4n) is 21.5. The number of nitrogens with zero attached hydrogens (tertiary/aromatic N) is 10. The molecule has 21 aromatic carbocycles. The second kappa shape index (κ2) is 34.9. The second-order valence-electron chi connectivity index (χ2n) is 36.4.